The minimum atomic E-state index is 0.401. The number of hydrogen-bond donors (Lipinski definition) is 1. The molecule has 0 atom stereocenters. The molecule has 0 unspecified atom stereocenters. The number of fused-ring (bicyclic) bond motifs is 1. The second kappa shape index (κ2) is 6.51. The second-order valence-corrected chi connectivity index (χ2v) is 5.96. The summed E-state index contributed by atoms with van der Waals surface area (Å²) in [5.41, 5.74) is 10.7. The molecule has 3 heterocycles. The lowest BCUT2D eigenvalue weighted by atomic mass is 10.2. The highest BCUT2D eigenvalue weighted by Crippen LogP contribution is 2.30. The molecule has 0 radical (unpaired) electrons. The van der Waals surface area contributed by atoms with Crippen molar-refractivity contribution in [1.82, 2.24) is 19.5 Å². The minimum Gasteiger partial charge on any atom is -0.383 e. The Morgan fingerprint density at radius 3 is 2.58 bits per heavy atom. The van der Waals surface area contributed by atoms with Crippen LogP contribution in [0.15, 0.2) is 54.7 Å². The minimum absolute atomic E-state index is 0.401. The van der Waals surface area contributed by atoms with E-state index in [0.717, 1.165) is 22.3 Å². The zero-order chi connectivity index (χ0) is 18.1. The van der Waals surface area contributed by atoms with Crippen LogP contribution in [0.3, 0.4) is 0 Å². The van der Waals surface area contributed by atoms with Gasteiger partial charge in [0.05, 0.1) is 5.56 Å². The molecule has 0 fully saturated rings. The van der Waals surface area contributed by atoms with Gasteiger partial charge in [0.1, 0.15) is 17.0 Å². The van der Waals surface area contributed by atoms with E-state index in [0.29, 0.717) is 28.9 Å². The lowest BCUT2D eigenvalue weighted by Gasteiger charge is -2.10. The maximum absolute atomic E-state index is 6.09. The van der Waals surface area contributed by atoms with Crippen molar-refractivity contribution in [2.45, 2.75) is 5.88 Å². The van der Waals surface area contributed by atoms with Crippen molar-refractivity contribution in [3.63, 3.8) is 0 Å². The number of hydrogen-bond acceptors (Lipinski definition) is 4. The van der Waals surface area contributed by atoms with Crippen LogP contribution in [0.1, 0.15) is 11.3 Å². The van der Waals surface area contributed by atoms with Crippen molar-refractivity contribution < 1.29 is 0 Å². The molecule has 0 aliphatic heterocycles. The van der Waals surface area contributed by atoms with Crippen LogP contribution < -0.4 is 5.73 Å². The number of nitrogens with two attached hydrogens (primary N) is 1. The van der Waals surface area contributed by atoms with Gasteiger partial charge >= 0.3 is 0 Å². The Labute approximate surface area is 155 Å². The summed E-state index contributed by atoms with van der Waals surface area (Å²) in [6, 6.07) is 15.2. The summed E-state index contributed by atoms with van der Waals surface area (Å²) in [7, 11) is 0. The summed E-state index contributed by atoms with van der Waals surface area (Å²) in [6.45, 7) is 0. The van der Waals surface area contributed by atoms with Crippen molar-refractivity contribution in [3.05, 3.63) is 66.0 Å². The summed E-state index contributed by atoms with van der Waals surface area (Å²) in [4.78, 5) is 13.5. The van der Waals surface area contributed by atoms with E-state index in [1.807, 2.05) is 47.0 Å². The van der Waals surface area contributed by atoms with Crippen LogP contribution in [0.4, 0.5) is 5.82 Å². The van der Waals surface area contributed by atoms with Gasteiger partial charge in [-0.1, -0.05) is 18.1 Å². The van der Waals surface area contributed by atoms with Gasteiger partial charge in [-0.25, -0.2) is 15.0 Å². The second-order valence-electron chi connectivity index (χ2n) is 5.69. The number of nitrogen functional groups attached to an aromatic ring is 1. The van der Waals surface area contributed by atoms with Gasteiger partial charge in [0.2, 0.25) is 0 Å². The monoisotopic (exact) mass is 359 g/mol. The molecule has 4 rings (SSSR count). The Morgan fingerprint density at radius 1 is 1.08 bits per heavy atom. The molecule has 126 valence electrons. The first-order chi connectivity index (χ1) is 12.7. The molecule has 0 spiro atoms. The van der Waals surface area contributed by atoms with Gasteiger partial charge in [-0.05, 0) is 42.0 Å². The Balaban J connectivity index is 2.05. The highest BCUT2D eigenvalue weighted by molar-refractivity contribution is 6.17. The van der Waals surface area contributed by atoms with Gasteiger partial charge in [0.25, 0.3) is 0 Å². The average Bonchev–Trinajstić information content (AvgIpc) is 3.06. The number of pyridine rings is 2. The van der Waals surface area contributed by atoms with E-state index in [1.165, 1.54) is 0 Å². The number of imidazole rings is 1. The van der Waals surface area contributed by atoms with E-state index in [9.17, 15) is 0 Å². The van der Waals surface area contributed by atoms with E-state index < -0.39 is 0 Å². The number of halogens is 1. The zero-order valence-corrected chi connectivity index (χ0v) is 14.5. The van der Waals surface area contributed by atoms with Crippen LogP contribution in [0.5, 0.6) is 0 Å². The Hall–Kier alpha value is -3.36. The molecule has 0 bridgehead atoms. The number of anilines is 1. The molecule has 26 heavy (non-hydrogen) atoms. The molecular weight excluding hydrogens is 346 g/mol. The van der Waals surface area contributed by atoms with Crippen LogP contribution >= 0.6 is 11.6 Å². The largest absolute Gasteiger partial charge is 0.383 e. The van der Waals surface area contributed by atoms with Crippen molar-refractivity contribution >= 4 is 28.6 Å². The number of rotatable bonds is 3. The zero-order valence-electron chi connectivity index (χ0n) is 13.7. The van der Waals surface area contributed by atoms with Crippen LogP contribution in [0.2, 0.25) is 0 Å². The number of terminal acetylenes is 1. The molecule has 0 saturated carbocycles. The SMILES string of the molecule is C#Cc1ccc2nc(-c3cccnc3N)n(-c3ccc(CCl)cc3)c2n1. The molecule has 6 heteroatoms. The third-order valence-corrected chi connectivity index (χ3v) is 4.39. The fourth-order valence-electron chi connectivity index (χ4n) is 2.80. The number of alkyl halides is 1. The van der Waals surface area contributed by atoms with Gasteiger partial charge < -0.3 is 5.73 Å². The van der Waals surface area contributed by atoms with E-state index in [1.54, 1.807) is 12.3 Å². The molecule has 0 amide bonds. The van der Waals surface area contributed by atoms with Crippen LogP contribution in [-0.2, 0) is 5.88 Å². The first-order valence-electron chi connectivity index (χ1n) is 7.93. The standard InChI is InChI=1S/C20H14ClN5/c1-2-14-7-10-17-20(24-14)26(15-8-5-13(12-21)6-9-15)19(25-17)16-4-3-11-23-18(16)22/h1,3-11H,12H2,(H2,22,23). The van der Waals surface area contributed by atoms with Gasteiger partial charge in [-0.2, -0.15) is 0 Å². The van der Waals surface area contributed by atoms with E-state index in [2.05, 4.69) is 15.9 Å². The van der Waals surface area contributed by atoms with Crippen molar-refractivity contribution in [3.8, 4) is 29.4 Å². The Bertz CT molecular complexity index is 1140. The first kappa shape index (κ1) is 16.1. The summed E-state index contributed by atoms with van der Waals surface area (Å²) >= 11 is 5.91. The smallest absolute Gasteiger partial charge is 0.166 e. The lowest BCUT2D eigenvalue weighted by molar-refractivity contribution is 1.07. The lowest BCUT2D eigenvalue weighted by Crippen LogP contribution is -2.02. The topological polar surface area (TPSA) is 69.6 Å². The average molecular weight is 360 g/mol. The summed E-state index contributed by atoms with van der Waals surface area (Å²) in [5, 5.41) is 0. The third kappa shape index (κ3) is 2.67. The summed E-state index contributed by atoms with van der Waals surface area (Å²) in [6.07, 6.45) is 7.17. The van der Waals surface area contributed by atoms with Crippen LogP contribution in [-0.4, -0.2) is 19.5 Å². The predicted molar refractivity (Wildman–Crippen MR) is 104 cm³/mol. The fraction of sp³-hybridized carbons (Fsp3) is 0.0500. The van der Waals surface area contributed by atoms with E-state index in [4.69, 9.17) is 28.7 Å². The summed E-state index contributed by atoms with van der Waals surface area (Å²) in [5.74, 6) is 4.08. The molecule has 0 aliphatic rings. The fourth-order valence-corrected chi connectivity index (χ4v) is 2.98. The number of benzene rings is 1. The molecule has 1 aromatic carbocycles. The molecule has 0 saturated heterocycles. The first-order valence-corrected chi connectivity index (χ1v) is 8.47. The number of nitrogens with zero attached hydrogens (tertiary/aromatic N) is 4. The van der Waals surface area contributed by atoms with Crippen molar-refractivity contribution in [1.29, 1.82) is 0 Å². The van der Waals surface area contributed by atoms with Gasteiger partial charge in [0, 0.05) is 17.8 Å². The third-order valence-electron chi connectivity index (χ3n) is 4.08. The molecule has 2 N–H and O–H groups in total. The van der Waals surface area contributed by atoms with Gasteiger partial charge in [0.15, 0.2) is 11.5 Å². The molecule has 4 aromatic rings. The number of aromatic nitrogens is 4. The van der Waals surface area contributed by atoms with Crippen LogP contribution in [0, 0.1) is 12.3 Å². The van der Waals surface area contributed by atoms with Crippen LogP contribution in [0.25, 0.3) is 28.2 Å². The highest BCUT2D eigenvalue weighted by Gasteiger charge is 2.18. The maximum Gasteiger partial charge on any atom is 0.166 e. The molecule has 0 aliphatic carbocycles. The Kier molecular flexibility index (Phi) is 4.04. The highest BCUT2D eigenvalue weighted by atomic mass is 35.5. The van der Waals surface area contributed by atoms with Crippen molar-refractivity contribution in [2.75, 3.05) is 5.73 Å². The normalized spacial score (nSPS) is 10.8. The van der Waals surface area contributed by atoms with Gasteiger partial charge in [-0.15, -0.1) is 18.0 Å². The molecular formula is C20H14ClN5. The van der Waals surface area contributed by atoms with Gasteiger partial charge in [-0.3, -0.25) is 4.57 Å². The van der Waals surface area contributed by atoms with E-state index >= 15 is 0 Å². The Morgan fingerprint density at radius 2 is 1.88 bits per heavy atom. The van der Waals surface area contributed by atoms with E-state index in [-0.39, 0.29) is 0 Å². The molecule has 5 nitrogen and oxygen atoms in total. The molecule has 3 aromatic heterocycles. The maximum atomic E-state index is 6.09. The summed E-state index contributed by atoms with van der Waals surface area (Å²) < 4.78 is 1.93. The quantitative estimate of drug-likeness (QED) is 0.446. The van der Waals surface area contributed by atoms with Crippen molar-refractivity contribution in [2.24, 2.45) is 0 Å². The predicted octanol–water partition coefficient (Wildman–Crippen LogP) is 3.78.